The number of nitrogens with two attached hydrogens (primary N) is 1. The second-order valence-electron chi connectivity index (χ2n) is 5.13. The molecule has 2 N–H and O–H groups in total. The Morgan fingerprint density at radius 1 is 1.28 bits per heavy atom. The summed E-state index contributed by atoms with van der Waals surface area (Å²) < 4.78 is 5.50. The number of amides is 1. The van der Waals surface area contributed by atoms with Crippen LogP contribution in [0.4, 0.5) is 11.4 Å². The normalized spacial score (nSPS) is 11.3. The Balaban J connectivity index is 2.71. The third-order valence-corrected chi connectivity index (χ3v) is 2.45. The zero-order valence-corrected chi connectivity index (χ0v) is 11.6. The number of benzene rings is 1. The Morgan fingerprint density at radius 3 is 2.28 bits per heavy atom. The maximum absolute atomic E-state index is 12.1. The highest BCUT2D eigenvalue weighted by Crippen LogP contribution is 2.17. The van der Waals surface area contributed by atoms with Crippen LogP contribution in [0, 0.1) is 0 Å². The third kappa shape index (κ3) is 4.37. The molecule has 0 saturated carbocycles. The number of likely N-dealkylation sites (N-methyl/N-ethyl adjacent to an activating group) is 1. The van der Waals surface area contributed by atoms with Gasteiger partial charge in [0.1, 0.15) is 6.61 Å². The summed E-state index contributed by atoms with van der Waals surface area (Å²) >= 11 is 0. The third-order valence-electron chi connectivity index (χ3n) is 2.45. The molecule has 4 heteroatoms. The summed E-state index contributed by atoms with van der Waals surface area (Å²) in [6, 6.07) is 7.26. The molecule has 1 aromatic carbocycles. The summed E-state index contributed by atoms with van der Waals surface area (Å²) in [5.74, 6) is -0.0443. The fourth-order valence-electron chi connectivity index (χ4n) is 1.51. The first-order chi connectivity index (χ1) is 8.33. The average molecular weight is 250 g/mol. The van der Waals surface area contributed by atoms with Crippen molar-refractivity contribution in [3.8, 4) is 0 Å². The van der Waals surface area contributed by atoms with E-state index in [-0.39, 0.29) is 18.1 Å². The van der Waals surface area contributed by atoms with Crippen molar-refractivity contribution in [2.75, 3.05) is 23.8 Å². The molecular formula is C14H22N2O2. The van der Waals surface area contributed by atoms with Crippen molar-refractivity contribution in [3.05, 3.63) is 24.3 Å². The first-order valence-corrected chi connectivity index (χ1v) is 6.13. The van der Waals surface area contributed by atoms with Gasteiger partial charge in [-0.1, -0.05) is 0 Å². The van der Waals surface area contributed by atoms with Gasteiger partial charge in [0.05, 0.1) is 5.60 Å². The van der Waals surface area contributed by atoms with Crippen molar-refractivity contribution in [2.45, 2.75) is 33.3 Å². The number of nitrogens with zero attached hydrogens (tertiary/aromatic N) is 1. The number of rotatable bonds is 4. The average Bonchev–Trinajstić information content (AvgIpc) is 2.29. The van der Waals surface area contributed by atoms with Crippen LogP contribution in [0.2, 0.25) is 0 Å². The van der Waals surface area contributed by atoms with Crippen molar-refractivity contribution in [3.63, 3.8) is 0 Å². The molecule has 0 aliphatic carbocycles. The van der Waals surface area contributed by atoms with Crippen LogP contribution in [0.5, 0.6) is 0 Å². The molecule has 1 rings (SSSR count). The Kier molecular flexibility index (Phi) is 4.73. The Labute approximate surface area is 109 Å². The molecule has 1 aromatic rings. The lowest BCUT2D eigenvalue weighted by Crippen LogP contribution is -2.36. The molecule has 0 unspecified atom stereocenters. The maximum atomic E-state index is 12.1. The van der Waals surface area contributed by atoms with Crippen LogP contribution in [0.25, 0.3) is 0 Å². The topological polar surface area (TPSA) is 55.6 Å². The summed E-state index contributed by atoms with van der Waals surface area (Å²) in [5.41, 5.74) is 6.85. The van der Waals surface area contributed by atoms with Crippen molar-refractivity contribution in [2.24, 2.45) is 0 Å². The van der Waals surface area contributed by atoms with E-state index in [1.54, 1.807) is 17.0 Å². The van der Waals surface area contributed by atoms with Crippen molar-refractivity contribution in [1.82, 2.24) is 0 Å². The quantitative estimate of drug-likeness (QED) is 0.835. The molecular weight excluding hydrogens is 228 g/mol. The zero-order chi connectivity index (χ0) is 13.8. The zero-order valence-electron chi connectivity index (χ0n) is 11.6. The monoisotopic (exact) mass is 250 g/mol. The molecule has 0 aliphatic rings. The number of hydrogen-bond acceptors (Lipinski definition) is 3. The van der Waals surface area contributed by atoms with Crippen LogP contribution in [0.15, 0.2) is 24.3 Å². The van der Waals surface area contributed by atoms with E-state index in [0.717, 1.165) is 5.69 Å². The van der Waals surface area contributed by atoms with Crippen molar-refractivity contribution in [1.29, 1.82) is 0 Å². The van der Waals surface area contributed by atoms with Gasteiger partial charge in [-0.2, -0.15) is 0 Å². The van der Waals surface area contributed by atoms with Gasteiger partial charge < -0.3 is 15.4 Å². The van der Waals surface area contributed by atoms with E-state index in [2.05, 4.69) is 0 Å². The molecule has 18 heavy (non-hydrogen) atoms. The highest BCUT2D eigenvalue weighted by Gasteiger charge is 2.18. The van der Waals surface area contributed by atoms with Crippen LogP contribution in [0.3, 0.4) is 0 Å². The van der Waals surface area contributed by atoms with Crippen molar-refractivity contribution >= 4 is 17.3 Å². The fraction of sp³-hybridized carbons (Fsp3) is 0.500. The van der Waals surface area contributed by atoms with Crippen molar-refractivity contribution < 1.29 is 9.53 Å². The number of anilines is 2. The van der Waals surface area contributed by atoms with Gasteiger partial charge in [-0.05, 0) is 52.0 Å². The minimum atomic E-state index is -0.309. The molecule has 0 saturated heterocycles. The highest BCUT2D eigenvalue weighted by atomic mass is 16.5. The lowest BCUT2D eigenvalue weighted by molar-refractivity contribution is -0.127. The van der Waals surface area contributed by atoms with Crippen LogP contribution in [-0.4, -0.2) is 24.7 Å². The molecule has 0 heterocycles. The fourth-order valence-corrected chi connectivity index (χ4v) is 1.51. The van der Waals surface area contributed by atoms with Gasteiger partial charge in [-0.15, -0.1) is 0 Å². The number of ether oxygens (including phenoxy) is 1. The molecule has 0 aliphatic heterocycles. The van der Waals surface area contributed by atoms with Crippen LogP contribution >= 0.6 is 0 Å². The lowest BCUT2D eigenvalue weighted by atomic mass is 10.2. The second kappa shape index (κ2) is 5.87. The number of carbonyl (C=O) groups is 1. The molecule has 0 fully saturated rings. The number of hydrogen-bond donors (Lipinski definition) is 1. The van der Waals surface area contributed by atoms with Gasteiger partial charge in [0.15, 0.2) is 0 Å². The molecule has 0 atom stereocenters. The smallest absolute Gasteiger partial charge is 0.252 e. The molecule has 0 spiro atoms. The summed E-state index contributed by atoms with van der Waals surface area (Å²) in [6.45, 7) is 8.42. The minimum absolute atomic E-state index is 0.0443. The molecule has 0 aromatic heterocycles. The SMILES string of the molecule is CCN(C(=O)COC(C)(C)C)c1ccc(N)cc1. The summed E-state index contributed by atoms with van der Waals surface area (Å²) in [5, 5.41) is 0. The maximum Gasteiger partial charge on any atom is 0.252 e. The molecule has 100 valence electrons. The predicted molar refractivity (Wildman–Crippen MR) is 74.6 cm³/mol. The van der Waals surface area contributed by atoms with Crippen LogP contribution in [-0.2, 0) is 9.53 Å². The minimum Gasteiger partial charge on any atom is -0.399 e. The van der Waals surface area contributed by atoms with Gasteiger partial charge in [-0.3, -0.25) is 4.79 Å². The van der Waals surface area contributed by atoms with Crippen LogP contribution in [0.1, 0.15) is 27.7 Å². The highest BCUT2D eigenvalue weighted by molar-refractivity contribution is 5.94. The van der Waals surface area contributed by atoms with Gasteiger partial charge in [0.25, 0.3) is 5.91 Å². The lowest BCUT2D eigenvalue weighted by Gasteiger charge is -2.24. The van der Waals surface area contributed by atoms with Gasteiger partial charge in [-0.25, -0.2) is 0 Å². The van der Waals surface area contributed by atoms with E-state index >= 15 is 0 Å². The summed E-state index contributed by atoms with van der Waals surface area (Å²) in [6.07, 6.45) is 0. The molecule has 0 bridgehead atoms. The van der Waals surface area contributed by atoms with E-state index in [1.807, 2.05) is 39.8 Å². The molecule has 4 nitrogen and oxygen atoms in total. The van der Waals surface area contributed by atoms with Gasteiger partial charge >= 0.3 is 0 Å². The standard InChI is InChI=1S/C14H22N2O2/c1-5-16(12-8-6-11(15)7-9-12)13(17)10-18-14(2,3)4/h6-9H,5,10,15H2,1-4H3. The van der Waals surface area contributed by atoms with Gasteiger partial charge in [0.2, 0.25) is 0 Å². The number of carbonyl (C=O) groups excluding carboxylic acids is 1. The largest absolute Gasteiger partial charge is 0.399 e. The summed E-state index contributed by atoms with van der Waals surface area (Å²) in [7, 11) is 0. The Morgan fingerprint density at radius 2 is 1.83 bits per heavy atom. The summed E-state index contributed by atoms with van der Waals surface area (Å²) in [4.78, 5) is 13.8. The Hall–Kier alpha value is -1.55. The van der Waals surface area contributed by atoms with Gasteiger partial charge in [0, 0.05) is 17.9 Å². The van der Waals surface area contributed by atoms with E-state index in [4.69, 9.17) is 10.5 Å². The Bertz CT molecular complexity index is 393. The molecule has 1 amide bonds. The molecule has 0 radical (unpaired) electrons. The van der Waals surface area contributed by atoms with E-state index in [9.17, 15) is 4.79 Å². The second-order valence-corrected chi connectivity index (χ2v) is 5.13. The first-order valence-electron chi connectivity index (χ1n) is 6.13. The first kappa shape index (κ1) is 14.5. The number of nitrogen functional groups attached to an aromatic ring is 1. The predicted octanol–water partition coefficient (Wildman–Crippen LogP) is 2.44. The van der Waals surface area contributed by atoms with E-state index in [1.165, 1.54) is 0 Å². The van der Waals surface area contributed by atoms with E-state index < -0.39 is 0 Å². The van der Waals surface area contributed by atoms with E-state index in [0.29, 0.717) is 12.2 Å². The van der Waals surface area contributed by atoms with Crippen LogP contribution < -0.4 is 10.6 Å².